The molecule has 0 spiro atoms. The number of piperidine rings is 1. The van der Waals surface area contributed by atoms with Crippen molar-refractivity contribution in [3.63, 3.8) is 0 Å². The molecule has 1 aliphatic carbocycles. The van der Waals surface area contributed by atoms with Crippen LogP contribution in [-0.4, -0.2) is 28.6 Å². The highest BCUT2D eigenvalue weighted by atomic mass is 35.5. The molecular formula is C21H27ClN2O3S. The highest BCUT2D eigenvalue weighted by Crippen LogP contribution is 2.57. The molecule has 0 aromatic heterocycles. The normalized spacial score (nSPS) is 23.1. The Morgan fingerprint density at radius 3 is 2.43 bits per heavy atom. The van der Waals surface area contributed by atoms with E-state index in [1.165, 1.54) is 12.0 Å². The molecular weight excluding hydrogens is 396 g/mol. The lowest BCUT2D eigenvalue weighted by Gasteiger charge is -2.17. The lowest BCUT2D eigenvalue weighted by atomic mass is 9.94. The molecule has 1 saturated carbocycles. The van der Waals surface area contributed by atoms with E-state index in [9.17, 15) is 8.42 Å². The Labute approximate surface area is 173 Å². The zero-order chi connectivity index (χ0) is 19.2. The second kappa shape index (κ2) is 7.58. The first kappa shape index (κ1) is 21.0. The van der Waals surface area contributed by atoms with Crippen LogP contribution in [0.3, 0.4) is 0 Å². The summed E-state index contributed by atoms with van der Waals surface area (Å²) >= 11 is 0. The number of rotatable bonds is 6. The third-order valence-electron chi connectivity index (χ3n) is 5.94. The van der Waals surface area contributed by atoms with Gasteiger partial charge in [-0.1, -0.05) is 32.0 Å². The second-order valence-electron chi connectivity index (χ2n) is 7.93. The largest absolute Gasteiger partial charge is 0.495 e. The molecule has 2 aromatic rings. The van der Waals surface area contributed by atoms with Gasteiger partial charge in [-0.15, -0.1) is 12.4 Å². The Balaban J connectivity index is 0.00000225. The molecule has 28 heavy (non-hydrogen) atoms. The predicted molar refractivity (Wildman–Crippen MR) is 114 cm³/mol. The van der Waals surface area contributed by atoms with Gasteiger partial charge in [-0.25, -0.2) is 8.42 Å². The first-order valence-corrected chi connectivity index (χ1v) is 10.9. The van der Waals surface area contributed by atoms with E-state index < -0.39 is 10.0 Å². The minimum absolute atomic E-state index is 0. The number of sulfonamides is 1. The smallest absolute Gasteiger partial charge is 0.262 e. The van der Waals surface area contributed by atoms with Crippen molar-refractivity contribution in [3.05, 3.63) is 53.6 Å². The molecule has 1 aliphatic heterocycles. The fraction of sp³-hybridized carbons (Fsp3) is 0.429. The zero-order valence-electron chi connectivity index (χ0n) is 16.4. The van der Waals surface area contributed by atoms with E-state index in [4.69, 9.17) is 4.74 Å². The number of methoxy groups -OCH3 is 1. The van der Waals surface area contributed by atoms with E-state index in [-0.39, 0.29) is 22.7 Å². The number of fused-ring (bicyclic) bond motifs is 1. The molecule has 0 amide bonds. The van der Waals surface area contributed by atoms with Gasteiger partial charge in [0.15, 0.2) is 0 Å². The number of hydrogen-bond donors (Lipinski definition) is 2. The van der Waals surface area contributed by atoms with Crippen LogP contribution in [0.25, 0.3) is 0 Å². The first-order chi connectivity index (χ1) is 12.9. The van der Waals surface area contributed by atoms with Crippen molar-refractivity contribution in [2.45, 2.75) is 36.5 Å². The first-order valence-electron chi connectivity index (χ1n) is 9.38. The number of hydrogen-bond acceptors (Lipinski definition) is 4. The molecule has 2 N–H and O–H groups in total. The Morgan fingerprint density at radius 2 is 1.89 bits per heavy atom. The van der Waals surface area contributed by atoms with Crippen LogP contribution in [0, 0.1) is 5.92 Å². The van der Waals surface area contributed by atoms with E-state index in [0.29, 0.717) is 23.3 Å². The molecule has 152 valence electrons. The van der Waals surface area contributed by atoms with Crippen LogP contribution in [0.1, 0.15) is 37.3 Å². The molecule has 2 aromatic carbocycles. The average molecular weight is 423 g/mol. The van der Waals surface area contributed by atoms with Gasteiger partial charge in [0.05, 0.1) is 17.7 Å². The Hall–Kier alpha value is -1.76. The summed E-state index contributed by atoms with van der Waals surface area (Å²) in [7, 11) is -2.09. The Kier molecular flexibility index (Phi) is 5.67. The highest BCUT2D eigenvalue weighted by molar-refractivity contribution is 7.92. The molecule has 0 bridgehead atoms. The Morgan fingerprint density at radius 1 is 1.18 bits per heavy atom. The molecule has 2 fully saturated rings. The summed E-state index contributed by atoms with van der Waals surface area (Å²) in [5.41, 5.74) is 3.00. The van der Waals surface area contributed by atoms with Gasteiger partial charge in [-0.2, -0.15) is 0 Å². The lowest BCUT2D eigenvalue weighted by molar-refractivity contribution is 0.415. The van der Waals surface area contributed by atoms with Gasteiger partial charge >= 0.3 is 0 Å². The van der Waals surface area contributed by atoms with Crippen LogP contribution >= 0.6 is 12.4 Å². The van der Waals surface area contributed by atoms with Crippen molar-refractivity contribution >= 4 is 28.1 Å². The Bertz CT molecular complexity index is 960. The summed E-state index contributed by atoms with van der Waals surface area (Å²) in [4.78, 5) is 0.249. The van der Waals surface area contributed by atoms with Gasteiger partial charge in [-0.3, -0.25) is 4.72 Å². The maximum Gasteiger partial charge on any atom is 0.262 e. The van der Waals surface area contributed by atoms with Crippen molar-refractivity contribution in [3.8, 4) is 5.75 Å². The van der Waals surface area contributed by atoms with Gasteiger partial charge < -0.3 is 10.1 Å². The van der Waals surface area contributed by atoms with Crippen LogP contribution in [0.4, 0.5) is 5.69 Å². The summed E-state index contributed by atoms with van der Waals surface area (Å²) in [6.45, 7) is 6.20. The van der Waals surface area contributed by atoms with Crippen LogP contribution in [-0.2, 0) is 15.4 Å². The molecule has 1 saturated heterocycles. The monoisotopic (exact) mass is 422 g/mol. The van der Waals surface area contributed by atoms with E-state index >= 15 is 0 Å². The van der Waals surface area contributed by atoms with Crippen molar-refractivity contribution in [2.24, 2.45) is 5.92 Å². The zero-order valence-corrected chi connectivity index (χ0v) is 18.0. The van der Waals surface area contributed by atoms with Gasteiger partial charge in [-0.05, 0) is 60.2 Å². The molecule has 1 unspecified atom stereocenters. The topological polar surface area (TPSA) is 67.4 Å². The minimum atomic E-state index is -3.67. The molecule has 2 atom stereocenters. The van der Waals surface area contributed by atoms with Crippen LogP contribution < -0.4 is 14.8 Å². The third-order valence-corrected chi connectivity index (χ3v) is 7.32. The third kappa shape index (κ3) is 3.61. The van der Waals surface area contributed by atoms with Crippen LogP contribution in [0.2, 0.25) is 0 Å². The van der Waals surface area contributed by atoms with E-state index in [0.717, 1.165) is 18.7 Å². The number of benzene rings is 2. The summed E-state index contributed by atoms with van der Waals surface area (Å²) in [5.74, 6) is 1.60. The lowest BCUT2D eigenvalue weighted by Crippen LogP contribution is -2.19. The second-order valence-corrected chi connectivity index (χ2v) is 9.61. The minimum Gasteiger partial charge on any atom is -0.495 e. The van der Waals surface area contributed by atoms with Gasteiger partial charge in [0.2, 0.25) is 0 Å². The van der Waals surface area contributed by atoms with Crippen LogP contribution in [0.5, 0.6) is 5.75 Å². The SMILES string of the molecule is COc1cc(C23CNC[C@H]2C3)ccc1NS(=O)(=O)c1ccc(C(C)C)cc1.Cl. The molecule has 2 aliphatic rings. The fourth-order valence-corrected chi connectivity index (χ4v) is 5.18. The van der Waals surface area contributed by atoms with Gasteiger partial charge in [0, 0.05) is 12.0 Å². The number of halogens is 1. The van der Waals surface area contributed by atoms with Crippen molar-refractivity contribution in [1.29, 1.82) is 0 Å². The molecule has 0 radical (unpaired) electrons. The van der Waals surface area contributed by atoms with E-state index in [1.807, 2.05) is 30.3 Å². The van der Waals surface area contributed by atoms with E-state index in [2.05, 4.69) is 23.9 Å². The van der Waals surface area contributed by atoms with E-state index in [1.54, 1.807) is 19.2 Å². The maximum atomic E-state index is 12.8. The number of ether oxygens (including phenoxy) is 1. The molecule has 4 rings (SSSR count). The predicted octanol–water partition coefficient (Wildman–Crippen LogP) is 3.90. The summed E-state index contributed by atoms with van der Waals surface area (Å²) in [6.07, 6.45) is 1.19. The number of anilines is 1. The average Bonchev–Trinajstić information content (AvgIpc) is 3.22. The summed E-state index contributed by atoms with van der Waals surface area (Å²) < 4.78 is 33.7. The van der Waals surface area contributed by atoms with Crippen LogP contribution in [0.15, 0.2) is 47.4 Å². The summed E-state index contributed by atoms with van der Waals surface area (Å²) in [6, 6.07) is 12.8. The summed E-state index contributed by atoms with van der Waals surface area (Å²) in [5, 5.41) is 3.43. The van der Waals surface area contributed by atoms with Crippen molar-refractivity contribution < 1.29 is 13.2 Å². The van der Waals surface area contributed by atoms with Crippen molar-refractivity contribution in [2.75, 3.05) is 24.9 Å². The van der Waals surface area contributed by atoms with Crippen molar-refractivity contribution in [1.82, 2.24) is 5.32 Å². The molecule has 7 heteroatoms. The highest BCUT2D eigenvalue weighted by Gasteiger charge is 2.58. The maximum absolute atomic E-state index is 12.8. The molecule has 1 heterocycles. The fourth-order valence-electron chi connectivity index (χ4n) is 4.11. The van der Waals surface area contributed by atoms with Gasteiger partial charge in [0.1, 0.15) is 5.75 Å². The molecule has 5 nitrogen and oxygen atoms in total. The van der Waals surface area contributed by atoms with Gasteiger partial charge in [0.25, 0.3) is 10.0 Å². The quantitative estimate of drug-likeness (QED) is 0.740. The number of nitrogens with one attached hydrogen (secondary N) is 2. The standard InChI is InChI=1S/C21H26N2O3S.ClH/c1-14(2)15-4-7-18(8-5-15)27(24,25)23-19-9-6-16(10-20(19)26-3)21-11-17(21)12-22-13-21;/h4-10,14,17,22-23H,11-13H2,1-3H3;1H/t17-,21?;/m1./s1.